The third kappa shape index (κ3) is 4.04. The average Bonchev–Trinajstić information content (AvgIpc) is 2.45. The van der Waals surface area contributed by atoms with Crippen molar-refractivity contribution in [3.8, 4) is 0 Å². The van der Waals surface area contributed by atoms with E-state index < -0.39 is 0 Å². The minimum Gasteiger partial charge on any atom is -0.370 e. The Bertz CT molecular complexity index is 674. The van der Waals surface area contributed by atoms with E-state index in [4.69, 9.17) is 0 Å². The summed E-state index contributed by atoms with van der Waals surface area (Å²) in [4.78, 5) is 16.7. The van der Waals surface area contributed by atoms with E-state index in [0.717, 1.165) is 20.2 Å². The van der Waals surface area contributed by atoms with Crippen molar-refractivity contribution in [3.63, 3.8) is 0 Å². The van der Waals surface area contributed by atoms with Gasteiger partial charge in [0.05, 0.1) is 11.3 Å². The number of amides is 1. The zero-order valence-electron chi connectivity index (χ0n) is 11.7. The van der Waals surface area contributed by atoms with Crippen LogP contribution in [-0.4, -0.2) is 17.4 Å². The standard InChI is InChI=1S/C15H15Br2N3O/c1-3-18-14-11(7-10(16)8-19-14)15(21)20-13-6-9(2)4-5-12(13)17/h4-8H,3H2,1-2H3,(H,18,19)(H,20,21). The van der Waals surface area contributed by atoms with Gasteiger partial charge in [0, 0.05) is 21.7 Å². The molecular weight excluding hydrogens is 398 g/mol. The molecule has 110 valence electrons. The number of carbonyl (C=O) groups is 1. The van der Waals surface area contributed by atoms with E-state index in [1.54, 1.807) is 12.3 Å². The number of carbonyl (C=O) groups excluding carboxylic acids is 1. The van der Waals surface area contributed by atoms with Gasteiger partial charge in [-0.25, -0.2) is 4.98 Å². The maximum absolute atomic E-state index is 12.5. The number of halogens is 2. The Morgan fingerprint density at radius 3 is 2.76 bits per heavy atom. The Kier molecular flexibility index (Phi) is 5.36. The molecule has 0 aliphatic rings. The van der Waals surface area contributed by atoms with Gasteiger partial charge in [-0.15, -0.1) is 0 Å². The molecular formula is C15H15Br2N3O. The van der Waals surface area contributed by atoms with Crippen LogP contribution in [0.2, 0.25) is 0 Å². The molecule has 2 N–H and O–H groups in total. The summed E-state index contributed by atoms with van der Waals surface area (Å²) in [6.45, 7) is 4.64. The number of hydrogen-bond acceptors (Lipinski definition) is 3. The normalized spacial score (nSPS) is 10.3. The lowest BCUT2D eigenvalue weighted by Crippen LogP contribution is -2.16. The highest BCUT2D eigenvalue weighted by Gasteiger charge is 2.14. The number of aryl methyl sites for hydroxylation is 1. The number of aromatic nitrogens is 1. The molecule has 4 nitrogen and oxygen atoms in total. The molecule has 0 saturated heterocycles. The molecule has 0 aliphatic carbocycles. The van der Waals surface area contributed by atoms with Gasteiger partial charge in [-0.05, 0) is 69.5 Å². The van der Waals surface area contributed by atoms with E-state index in [1.807, 2.05) is 32.0 Å². The molecule has 1 amide bonds. The summed E-state index contributed by atoms with van der Waals surface area (Å²) in [7, 11) is 0. The lowest BCUT2D eigenvalue weighted by Gasteiger charge is -2.12. The van der Waals surface area contributed by atoms with Crippen LogP contribution in [0, 0.1) is 6.92 Å². The number of hydrogen-bond donors (Lipinski definition) is 2. The Morgan fingerprint density at radius 1 is 1.29 bits per heavy atom. The number of rotatable bonds is 4. The second-order valence-corrected chi connectivity index (χ2v) is 6.29. The first-order chi connectivity index (χ1) is 10.0. The number of anilines is 2. The summed E-state index contributed by atoms with van der Waals surface area (Å²) >= 11 is 6.79. The van der Waals surface area contributed by atoms with Crippen LogP contribution in [0.25, 0.3) is 0 Å². The van der Waals surface area contributed by atoms with Crippen molar-refractivity contribution in [2.75, 3.05) is 17.2 Å². The van der Waals surface area contributed by atoms with Crippen molar-refractivity contribution in [2.45, 2.75) is 13.8 Å². The maximum Gasteiger partial charge on any atom is 0.259 e. The number of nitrogens with one attached hydrogen (secondary N) is 2. The summed E-state index contributed by atoms with van der Waals surface area (Å²) in [6.07, 6.45) is 1.66. The van der Waals surface area contributed by atoms with Gasteiger partial charge in [0.15, 0.2) is 0 Å². The summed E-state index contributed by atoms with van der Waals surface area (Å²) in [5.41, 5.74) is 2.31. The molecule has 1 aromatic carbocycles. The van der Waals surface area contributed by atoms with Crippen molar-refractivity contribution in [1.82, 2.24) is 4.98 Å². The molecule has 0 radical (unpaired) electrons. The van der Waals surface area contributed by atoms with Crippen LogP contribution in [0.1, 0.15) is 22.8 Å². The first-order valence-electron chi connectivity index (χ1n) is 6.48. The molecule has 1 aromatic heterocycles. The summed E-state index contributed by atoms with van der Waals surface area (Å²) < 4.78 is 1.60. The molecule has 6 heteroatoms. The number of nitrogens with zero attached hydrogens (tertiary/aromatic N) is 1. The smallest absolute Gasteiger partial charge is 0.259 e. The highest BCUT2D eigenvalue weighted by Crippen LogP contribution is 2.25. The van der Waals surface area contributed by atoms with Crippen molar-refractivity contribution in [1.29, 1.82) is 0 Å². The van der Waals surface area contributed by atoms with E-state index in [-0.39, 0.29) is 5.91 Å². The Labute approximate surface area is 140 Å². The molecule has 0 aliphatic heterocycles. The van der Waals surface area contributed by atoms with Crippen LogP contribution >= 0.6 is 31.9 Å². The molecule has 1 heterocycles. The monoisotopic (exact) mass is 411 g/mol. The van der Waals surface area contributed by atoms with Crippen molar-refractivity contribution in [2.24, 2.45) is 0 Å². The molecule has 0 bridgehead atoms. The van der Waals surface area contributed by atoms with Gasteiger partial charge in [-0.3, -0.25) is 4.79 Å². The first-order valence-corrected chi connectivity index (χ1v) is 8.06. The van der Waals surface area contributed by atoms with Crippen LogP contribution in [-0.2, 0) is 0 Å². The van der Waals surface area contributed by atoms with Gasteiger partial charge in [0.2, 0.25) is 0 Å². The maximum atomic E-state index is 12.5. The molecule has 2 aromatic rings. The lowest BCUT2D eigenvalue weighted by atomic mass is 10.2. The van der Waals surface area contributed by atoms with E-state index >= 15 is 0 Å². The van der Waals surface area contributed by atoms with Crippen LogP contribution < -0.4 is 10.6 Å². The third-order valence-electron chi connectivity index (χ3n) is 2.81. The van der Waals surface area contributed by atoms with Gasteiger partial charge in [-0.1, -0.05) is 6.07 Å². The second kappa shape index (κ2) is 7.04. The van der Waals surface area contributed by atoms with Gasteiger partial charge in [-0.2, -0.15) is 0 Å². The minimum atomic E-state index is -0.203. The zero-order chi connectivity index (χ0) is 15.4. The second-order valence-electron chi connectivity index (χ2n) is 4.52. The third-order valence-corrected chi connectivity index (χ3v) is 3.94. The summed E-state index contributed by atoms with van der Waals surface area (Å²) in [5, 5.41) is 6.00. The van der Waals surface area contributed by atoms with E-state index in [9.17, 15) is 4.79 Å². The topological polar surface area (TPSA) is 54.0 Å². The fourth-order valence-corrected chi connectivity index (χ4v) is 2.52. The first kappa shape index (κ1) is 16.0. The fourth-order valence-electron chi connectivity index (χ4n) is 1.85. The van der Waals surface area contributed by atoms with Gasteiger partial charge in [0.1, 0.15) is 5.82 Å². The van der Waals surface area contributed by atoms with Gasteiger partial charge >= 0.3 is 0 Å². The Hall–Kier alpha value is -1.40. The highest BCUT2D eigenvalue weighted by atomic mass is 79.9. The Balaban J connectivity index is 2.31. The summed E-state index contributed by atoms with van der Waals surface area (Å²) in [6, 6.07) is 7.56. The van der Waals surface area contributed by atoms with Crippen molar-refractivity contribution < 1.29 is 4.79 Å². The predicted molar refractivity (Wildman–Crippen MR) is 92.9 cm³/mol. The minimum absolute atomic E-state index is 0.203. The lowest BCUT2D eigenvalue weighted by molar-refractivity contribution is 0.102. The molecule has 0 atom stereocenters. The largest absolute Gasteiger partial charge is 0.370 e. The molecule has 0 spiro atoms. The predicted octanol–water partition coefficient (Wildman–Crippen LogP) is 4.60. The fraction of sp³-hybridized carbons (Fsp3) is 0.200. The van der Waals surface area contributed by atoms with Gasteiger partial charge < -0.3 is 10.6 Å². The van der Waals surface area contributed by atoms with Crippen LogP contribution in [0.5, 0.6) is 0 Å². The zero-order valence-corrected chi connectivity index (χ0v) is 14.9. The molecule has 0 unspecified atom stereocenters. The molecule has 21 heavy (non-hydrogen) atoms. The number of pyridine rings is 1. The van der Waals surface area contributed by atoms with Crippen molar-refractivity contribution >= 4 is 49.3 Å². The molecule has 0 fully saturated rings. The van der Waals surface area contributed by atoms with E-state index in [2.05, 4.69) is 47.5 Å². The van der Waals surface area contributed by atoms with Crippen molar-refractivity contribution in [3.05, 3.63) is 50.5 Å². The van der Waals surface area contributed by atoms with E-state index in [0.29, 0.717) is 17.9 Å². The van der Waals surface area contributed by atoms with E-state index in [1.165, 1.54) is 0 Å². The van der Waals surface area contributed by atoms with Crippen LogP contribution in [0.4, 0.5) is 11.5 Å². The Morgan fingerprint density at radius 2 is 2.05 bits per heavy atom. The van der Waals surface area contributed by atoms with Crippen LogP contribution in [0.3, 0.4) is 0 Å². The summed E-state index contributed by atoms with van der Waals surface area (Å²) in [5.74, 6) is 0.369. The SMILES string of the molecule is CCNc1ncc(Br)cc1C(=O)Nc1cc(C)ccc1Br. The average molecular weight is 413 g/mol. The number of benzene rings is 1. The van der Waals surface area contributed by atoms with Gasteiger partial charge in [0.25, 0.3) is 5.91 Å². The quantitative estimate of drug-likeness (QED) is 0.771. The highest BCUT2D eigenvalue weighted by molar-refractivity contribution is 9.10. The van der Waals surface area contributed by atoms with Crippen LogP contribution in [0.15, 0.2) is 39.4 Å². The molecule has 2 rings (SSSR count). The molecule has 0 saturated carbocycles.